The first-order valence-corrected chi connectivity index (χ1v) is 8.09. The number of nitro groups is 2. The van der Waals surface area contributed by atoms with Gasteiger partial charge in [-0.25, -0.2) is 14.1 Å². The molecule has 27 heavy (non-hydrogen) atoms. The zero-order valence-corrected chi connectivity index (χ0v) is 15.9. The fourth-order valence-electron chi connectivity index (χ4n) is 2.68. The molecule has 0 aliphatic heterocycles. The van der Waals surface area contributed by atoms with Gasteiger partial charge >= 0.3 is 11.8 Å². The molecule has 0 N–H and O–H groups in total. The predicted octanol–water partition coefficient (Wildman–Crippen LogP) is 2.05. The van der Waals surface area contributed by atoms with Gasteiger partial charge in [-0.2, -0.15) is 0 Å². The molecule has 0 saturated carbocycles. The van der Waals surface area contributed by atoms with E-state index in [1.807, 2.05) is 0 Å². The number of aryl methyl sites for hydroxylation is 2. The maximum absolute atomic E-state index is 12.5. The van der Waals surface area contributed by atoms with E-state index in [1.54, 1.807) is 6.92 Å². The van der Waals surface area contributed by atoms with Crippen molar-refractivity contribution in [3.63, 3.8) is 0 Å². The molecule has 0 radical (unpaired) electrons. The van der Waals surface area contributed by atoms with Gasteiger partial charge in [-0.15, -0.1) is 12.4 Å². The van der Waals surface area contributed by atoms with Crippen molar-refractivity contribution >= 4 is 24.2 Å². The highest BCUT2D eigenvalue weighted by atomic mass is 35.5. The van der Waals surface area contributed by atoms with Gasteiger partial charge in [-0.3, -0.25) is 0 Å². The topological polar surface area (TPSA) is 145 Å². The maximum atomic E-state index is 12.5. The van der Waals surface area contributed by atoms with Gasteiger partial charge in [-0.05, 0) is 22.7 Å². The Morgan fingerprint density at radius 1 is 1.11 bits per heavy atom. The number of nitrogens with zero attached hydrogens (tertiary/aromatic N) is 7. The van der Waals surface area contributed by atoms with Crippen LogP contribution in [0.2, 0.25) is 0 Å². The van der Waals surface area contributed by atoms with Crippen LogP contribution < -0.4 is 0 Å². The summed E-state index contributed by atoms with van der Waals surface area (Å²) in [7, 11) is 1.51. The number of aromatic nitrogens is 4. The Labute approximate surface area is 161 Å². The molecule has 13 heteroatoms. The average molecular weight is 404 g/mol. The van der Waals surface area contributed by atoms with E-state index in [1.165, 1.54) is 34.8 Å². The van der Waals surface area contributed by atoms with Crippen LogP contribution in [0, 0.1) is 32.4 Å². The molecule has 0 amide bonds. The van der Waals surface area contributed by atoms with Gasteiger partial charge in [-0.1, -0.05) is 4.98 Å². The van der Waals surface area contributed by atoms with Crippen LogP contribution in [0.5, 0.6) is 0 Å². The summed E-state index contributed by atoms with van der Waals surface area (Å²) in [5.41, 5.74) is 0. The second kappa shape index (κ2) is 9.39. The second-order valence-corrected chi connectivity index (χ2v) is 6.20. The fraction of sp³-hybridized carbons (Fsp3) is 0.571. The highest BCUT2D eigenvalue weighted by Crippen LogP contribution is 2.15. The van der Waals surface area contributed by atoms with Crippen LogP contribution in [0.3, 0.4) is 0 Å². The maximum Gasteiger partial charge on any atom is 0.434 e. The van der Waals surface area contributed by atoms with Gasteiger partial charge in [0.2, 0.25) is 0 Å². The molecule has 0 spiro atoms. The van der Waals surface area contributed by atoms with Crippen molar-refractivity contribution in [1.82, 2.24) is 19.1 Å². The zero-order valence-electron chi connectivity index (χ0n) is 15.1. The SMILES string of the molecule is Cc1ncc([N+](=O)[O-])n1CC[N+](C)([O-])CCCCn1ccnc1[N+](=O)[O-].Cl. The normalized spacial score (nSPS) is 13.0. The summed E-state index contributed by atoms with van der Waals surface area (Å²) in [6.07, 6.45) is 5.25. The first-order valence-electron chi connectivity index (χ1n) is 8.09. The van der Waals surface area contributed by atoms with E-state index in [4.69, 9.17) is 0 Å². The lowest BCUT2D eigenvalue weighted by molar-refractivity contribution is -0.861. The van der Waals surface area contributed by atoms with Crippen LogP contribution in [0.25, 0.3) is 0 Å². The standard InChI is InChI=1S/C14H21N7O5.ClH/c1-12-16-11-13(19(22)23)18(12)8-10-21(2,26)9-4-3-6-17-7-5-15-14(17)20(24)25;/h5,7,11H,3-4,6,8-10H2,1-2H3;1H. The molecule has 0 bridgehead atoms. The molecule has 1 unspecified atom stereocenters. The second-order valence-electron chi connectivity index (χ2n) is 6.20. The molecular formula is C14H22ClN7O5. The molecule has 2 aromatic rings. The number of quaternary nitrogens is 1. The lowest BCUT2D eigenvalue weighted by Crippen LogP contribution is -2.41. The third-order valence-corrected chi connectivity index (χ3v) is 4.15. The van der Waals surface area contributed by atoms with E-state index in [2.05, 4.69) is 9.97 Å². The lowest BCUT2D eigenvalue weighted by atomic mass is 10.3. The molecule has 12 nitrogen and oxygen atoms in total. The number of unbranched alkanes of at least 4 members (excludes halogenated alkanes) is 1. The van der Waals surface area contributed by atoms with E-state index >= 15 is 0 Å². The summed E-state index contributed by atoms with van der Waals surface area (Å²) < 4.78 is 2.30. The summed E-state index contributed by atoms with van der Waals surface area (Å²) >= 11 is 0. The Kier molecular flexibility index (Phi) is 7.82. The summed E-state index contributed by atoms with van der Waals surface area (Å²) in [5.74, 6) is 0.145. The van der Waals surface area contributed by atoms with Crippen molar-refractivity contribution in [2.75, 3.05) is 20.1 Å². The molecule has 0 aliphatic rings. The van der Waals surface area contributed by atoms with Crippen molar-refractivity contribution in [3.8, 4) is 0 Å². The Bertz CT molecular complexity index is 789. The Morgan fingerprint density at radius 3 is 2.44 bits per heavy atom. The first kappa shape index (κ1) is 22.5. The number of likely N-dealkylation sites (N-methyl/N-ethyl adjacent to an activating group) is 1. The lowest BCUT2D eigenvalue weighted by Gasteiger charge is -2.38. The van der Waals surface area contributed by atoms with Gasteiger partial charge in [0.05, 0.1) is 20.1 Å². The van der Waals surface area contributed by atoms with Crippen molar-refractivity contribution in [1.29, 1.82) is 0 Å². The summed E-state index contributed by atoms with van der Waals surface area (Å²) in [5, 5.41) is 34.3. The largest absolute Gasteiger partial charge is 0.633 e. The van der Waals surface area contributed by atoms with E-state index in [9.17, 15) is 25.4 Å². The number of halogens is 1. The molecular weight excluding hydrogens is 382 g/mol. The van der Waals surface area contributed by atoms with Crippen molar-refractivity contribution in [2.24, 2.45) is 0 Å². The van der Waals surface area contributed by atoms with E-state index < -0.39 is 14.5 Å². The molecule has 0 aromatic carbocycles. The third-order valence-electron chi connectivity index (χ3n) is 4.15. The minimum absolute atomic E-state index is 0. The van der Waals surface area contributed by atoms with Crippen LogP contribution >= 0.6 is 12.4 Å². The van der Waals surface area contributed by atoms with E-state index in [0.29, 0.717) is 31.8 Å². The number of rotatable bonds is 10. The van der Waals surface area contributed by atoms with Crippen LogP contribution in [0.15, 0.2) is 18.6 Å². The minimum atomic E-state index is -0.555. The predicted molar refractivity (Wildman–Crippen MR) is 98.3 cm³/mol. The molecule has 0 fully saturated rings. The van der Waals surface area contributed by atoms with Crippen LogP contribution in [0.4, 0.5) is 11.8 Å². The van der Waals surface area contributed by atoms with Gasteiger partial charge < -0.3 is 30.1 Å². The molecule has 2 aromatic heterocycles. The molecule has 0 aliphatic carbocycles. The first-order chi connectivity index (χ1) is 12.2. The molecule has 150 valence electrons. The molecule has 2 heterocycles. The number of hydrogen-bond acceptors (Lipinski definition) is 7. The zero-order chi connectivity index (χ0) is 19.3. The van der Waals surface area contributed by atoms with Crippen molar-refractivity contribution < 1.29 is 14.5 Å². The van der Waals surface area contributed by atoms with E-state index in [0.717, 1.165) is 0 Å². The van der Waals surface area contributed by atoms with Crippen LogP contribution in [0.1, 0.15) is 18.7 Å². The van der Waals surface area contributed by atoms with Gasteiger partial charge in [0, 0.05) is 6.92 Å². The van der Waals surface area contributed by atoms with Gasteiger partial charge in [0.1, 0.15) is 31.7 Å². The highest BCUT2D eigenvalue weighted by molar-refractivity contribution is 5.85. The van der Waals surface area contributed by atoms with Crippen LogP contribution in [-0.4, -0.2) is 53.7 Å². The Morgan fingerprint density at radius 2 is 1.81 bits per heavy atom. The molecule has 1 atom stereocenters. The minimum Gasteiger partial charge on any atom is -0.633 e. The van der Waals surface area contributed by atoms with Crippen LogP contribution in [-0.2, 0) is 13.1 Å². The number of hydroxylamine groups is 3. The average Bonchev–Trinajstić information content (AvgIpc) is 3.16. The molecule has 0 saturated heterocycles. The van der Waals surface area contributed by atoms with Gasteiger partial charge in [0.15, 0.2) is 5.82 Å². The van der Waals surface area contributed by atoms with Crippen molar-refractivity contribution in [2.45, 2.75) is 32.9 Å². The summed E-state index contributed by atoms with van der Waals surface area (Å²) in [6.45, 7) is 2.74. The van der Waals surface area contributed by atoms with E-state index in [-0.39, 0.29) is 37.3 Å². The summed E-state index contributed by atoms with van der Waals surface area (Å²) in [6, 6.07) is 0. The third kappa shape index (κ3) is 5.98. The fourth-order valence-corrected chi connectivity index (χ4v) is 2.68. The van der Waals surface area contributed by atoms with Gasteiger partial charge in [0.25, 0.3) is 0 Å². The Hall–Kier alpha value is -2.57. The summed E-state index contributed by atoms with van der Waals surface area (Å²) in [4.78, 5) is 28.3. The monoisotopic (exact) mass is 403 g/mol. The smallest absolute Gasteiger partial charge is 0.434 e. The van der Waals surface area contributed by atoms with Crippen molar-refractivity contribution in [3.05, 3.63) is 49.9 Å². The Balaban J connectivity index is 0.00000364. The quantitative estimate of drug-likeness (QED) is 0.255. The number of hydrogen-bond donors (Lipinski definition) is 0. The number of imidazole rings is 2. The molecule has 2 rings (SSSR count). The highest BCUT2D eigenvalue weighted by Gasteiger charge is 2.20.